The lowest BCUT2D eigenvalue weighted by atomic mass is 9.87. The lowest BCUT2D eigenvalue weighted by molar-refractivity contribution is -0.116. The Balaban J connectivity index is 2.14. The summed E-state index contributed by atoms with van der Waals surface area (Å²) < 4.78 is 0. The Morgan fingerprint density at radius 1 is 0.571 bits per heavy atom. The number of hydrogen-bond acceptors (Lipinski definition) is 2. The highest BCUT2D eigenvalue weighted by Gasteiger charge is 2.37. The van der Waals surface area contributed by atoms with E-state index >= 15 is 0 Å². The zero-order chi connectivity index (χ0) is 9.71. The average Bonchev–Trinajstić information content (AvgIpc) is 2.82. The van der Waals surface area contributed by atoms with Crippen LogP contribution in [0.1, 0.15) is 38.5 Å². The van der Waals surface area contributed by atoms with Crippen molar-refractivity contribution in [3.8, 4) is 0 Å². The van der Waals surface area contributed by atoms with Crippen molar-refractivity contribution in [3.05, 3.63) is 22.3 Å². The van der Waals surface area contributed by atoms with Gasteiger partial charge in [-0.05, 0) is 38.5 Å². The third kappa shape index (κ3) is 0.861. The Hall–Kier alpha value is -1.18. The number of Topliss-reactive ketones (excluding diaryl/α,β-unsaturated/α-hetero) is 2. The molecule has 0 unspecified atom stereocenters. The molecule has 14 heavy (non-hydrogen) atoms. The molecule has 0 saturated heterocycles. The van der Waals surface area contributed by atoms with Crippen LogP contribution in [0, 0.1) is 0 Å². The highest BCUT2D eigenvalue weighted by molar-refractivity contribution is 6.26. The Kier molecular flexibility index (Phi) is 1.55. The van der Waals surface area contributed by atoms with Gasteiger partial charge in [-0.1, -0.05) is 0 Å². The van der Waals surface area contributed by atoms with Crippen molar-refractivity contribution in [1.29, 1.82) is 0 Å². The fraction of sp³-hybridized carbons (Fsp3) is 0.500. The zero-order valence-electron chi connectivity index (χ0n) is 8.06. The Morgan fingerprint density at radius 3 is 1.14 bits per heavy atom. The number of carbonyl (C=O) groups excluding carboxylic acids is 2. The van der Waals surface area contributed by atoms with Gasteiger partial charge in [0.05, 0.1) is 0 Å². The van der Waals surface area contributed by atoms with Crippen LogP contribution in [0.5, 0.6) is 0 Å². The smallest absolute Gasteiger partial charge is 0.185 e. The standard InChI is InChI=1S/C12H12O2/c13-11-7-3-1-4-8(7)12(14)10-6-2-5-9(10)11/h1-6H2. The van der Waals surface area contributed by atoms with Gasteiger partial charge in [0, 0.05) is 22.3 Å². The number of ketones is 2. The van der Waals surface area contributed by atoms with E-state index in [2.05, 4.69) is 0 Å². The maximum Gasteiger partial charge on any atom is 0.185 e. The monoisotopic (exact) mass is 188 g/mol. The first-order valence-corrected chi connectivity index (χ1v) is 5.32. The van der Waals surface area contributed by atoms with Crippen molar-refractivity contribution < 1.29 is 9.59 Å². The normalized spacial score (nSPS) is 26.0. The Bertz CT molecular complexity index is 338. The lowest BCUT2D eigenvalue weighted by Gasteiger charge is -2.14. The average molecular weight is 188 g/mol. The summed E-state index contributed by atoms with van der Waals surface area (Å²) in [5.41, 5.74) is 3.37. The van der Waals surface area contributed by atoms with Crippen molar-refractivity contribution in [3.63, 3.8) is 0 Å². The third-order valence-electron chi connectivity index (χ3n) is 3.53. The second-order valence-corrected chi connectivity index (χ2v) is 4.28. The van der Waals surface area contributed by atoms with Gasteiger partial charge in [-0.2, -0.15) is 0 Å². The van der Waals surface area contributed by atoms with E-state index in [1.54, 1.807) is 0 Å². The van der Waals surface area contributed by atoms with Crippen LogP contribution in [-0.2, 0) is 9.59 Å². The Labute approximate surface area is 82.7 Å². The molecule has 2 heteroatoms. The number of carbonyl (C=O) groups is 2. The van der Waals surface area contributed by atoms with Gasteiger partial charge in [-0.15, -0.1) is 0 Å². The molecule has 0 heterocycles. The van der Waals surface area contributed by atoms with Crippen molar-refractivity contribution in [1.82, 2.24) is 0 Å². The predicted molar refractivity (Wildman–Crippen MR) is 51.8 cm³/mol. The van der Waals surface area contributed by atoms with Crippen LogP contribution in [0.15, 0.2) is 22.3 Å². The molecule has 0 N–H and O–H groups in total. The molecular formula is C12H12O2. The van der Waals surface area contributed by atoms with E-state index in [0.717, 1.165) is 60.8 Å². The van der Waals surface area contributed by atoms with Gasteiger partial charge < -0.3 is 0 Å². The first-order valence-electron chi connectivity index (χ1n) is 5.32. The molecule has 0 aliphatic heterocycles. The molecule has 72 valence electrons. The molecule has 0 aromatic rings. The summed E-state index contributed by atoms with van der Waals surface area (Å²) in [5, 5.41) is 0. The molecular weight excluding hydrogens is 176 g/mol. The van der Waals surface area contributed by atoms with Crippen LogP contribution in [0.25, 0.3) is 0 Å². The third-order valence-corrected chi connectivity index (χ3v) is 3.53. The second-order valence-electron chi connectivity index (χ2n) is 4.28. The molecule has 0 amide bonds. The predicted octanol–water partition coefficient (Wildman–Crippen LogP) is 2.10. The minimum absolute atomic E-state index is 0.199. The molecule has 0 saturated carbocycles. The van der Waals surface area contributed by atoms with Crippen molar-refractivity contribution in [2.75, 3.05) is 0 Å². The quantitative estimate of drug-likeness (QED) is 0.545. The minimum atomic E-state index is 0.199. The number of allylic oxidation sites excluding steroid dienone is 4. The molecule has 0 aromatic heterocycles. The fourth-order valence-corrected chi connectivity index (χ4v) is 2.85. The topological polar surface area (TPSA) is 34.1 Å². The van der Waals surface area contributed by atoms with Gasteiger partial charge in [0.2, 0.25) is 0 Å². The highest BCUT2D eigenvalue weighted by atomic mass is 16.1. The van der Waals surface area contributed by atoms with Gasteiger partial charge in [0.1, 0.15) is 0 Å². The molecule has 0 spiro atoms. The molecule has 2 nitrogen and oxygen atoms in total. The van der Waals surface area contributed by atoms with E-state index in [1.165, 1.54) is 0 Å². The van der Waals surface area contributed by atoms with Crippen LogP contribution in [0.4, 0.5) is 0 Å². The Morgan fingerprint density at radius 2 is 0.857 bits per heavy atom. The summed E-state index contributed by atoms with van der Waals surface area (Å²) in [6, 6.07) is 0. The van der Waals surface area contributed by atoms with E-state index in [9.17, 15) is 9.59 Å². The zero-order valence-corrected chi connectivity index (χ0v) is 8.06. The van der Waals surface area contributed by atoms with Gasteiger partial charge in [-0.25, -0.2) is 0 Å². The summed E-state index contributed by atoms with van der Waals surface area (Å²) in [4.78, 5) is 23.9. The lowest BCUT2D eigenvalue weighted by Crippen LogP contribution is -2.18. The first kappa shape index (κ1) is 8.16. The molecule has 0 aromatic carbocycles. The molecule has 0 atom stereocenters. The van der Waals surface area contributed by atoms with Crippen molar-refractivity contribution in [2.45, 2.75) is 38.5 Å². The van der Waals surface area contributed by atoms with Gasteiger partial charge in [0.15, 0.2) is 11.6 Å². The van der Waals surface area contributed by atoms with Crippen LogP contribution in [0.2, 0.25) is 0 Å². The number of hydrogen-bond donors (Lipinski definition) is 0. The summed E-state index contributed by atoms with van der Waals surface area (Å²) in [6.45, 7) is 0. The van der Waals surface area contributed by atoms with Crippen LogP contribution in [0.3, 0.4) is 0 Å². The van der Waals surface area contributed by atoms with E-state index < -0.39 is 0 Å². The van der Waals surface area contributed by atoms with Crippen LogP contribution in [-0.4, -0.2) is 11.6 Å². The van der Waals surface area contributed by atoms with E-state index in [1.807, 2.05) is 0 Å². The van der Waals surface area contributed by atoms with Crippen molar-refractivity contribution >= 4 is 11.6 Å². The first-order chi connectivity index (χ1) is 6.79. The second kappa shape index (κ2) is 2.66. The highest BCUT2D eigenvalue weighted by Crippen LogP contribution is 2.41. The van der Waals surface area contributed by atoms with E-state index in [4.69, 9.17) is 0 Å². The van der Waals surface area contributed by atoms with Gasteiger partial charge in [0.25, 0.3) is 0 Å². The fourth-order valence-electron chi connectivity index (χ4n) is 2.85. The summed E-state index contributed by atoms with van der Waals surface area (Å²) in [5.74, 6) is 0.397. The molecule has 3 aliphatic carbocycles. The van der Waals surface area contributed by atoms with E-state index in [0.29, 0.717) is 0 Å². The molecule has 3 aliphatic rings. The van der Waals surface area contributed by atoms with Crippen LogP contribution >= 0.6 is 0 Å². The molecule has 0 radical (unpaired) electrons. The SMILES string of the molecule is O=C1C2=C(CCC2)C(=O)C2=C1CCC2. The van der Waals surface area contributed by atoms with Gasteiger partial charge >= 0.3 is 0 Å². The van der Waals surface area contributed by atoms with Crippen LogP contribution < -0.4 is 0 Å². The summed E-state index contributed by atoms with van der Waals surface area (Å²) in [7, 11) is 0. The largest absolute Gasteiger partial charge is 0.289 e. The van der Waals surface area contributed by atoms with Crippen molar-refractivity contribution in [2.24, 2.45) is 0 Å². The molecule has 0 bridgehead atoms. The van der Waals surface area contributed by atoms with Gasteiger partial charge in [-0.3, -0.25) is 9.59 Å². The summed E-state index contributed by atoms with van der Waals surface area (Å²) >= 11 is 0. The molecule has 3 rings (SSSR count). The number of rotatable bonds is 0. The minimum Gasteiger partial charge on any atom is -0.289 e. The molecule has 0 fully saturated rings. The van der Waals surface area contributed by atoms with E-state index in [-0.39, 0.29) is 11.6 Å². The maximum atomic E-state index is 12.0. The maximum absolute atomic E-state index is 12.0. The summed E-state index contributed by atoms with van der Waals surface area (Å²) in [6.07, 6.45) is 5.30.